The van der Waals surface area contributed by atoms with Crippen molar-refractivity contribution in [2.24, 2.45) is 0 Å². The zero-order chi connectivity index (χ0) is 13.9. The van der Waals surface area contributed by atoms with Crippen LogP contribution in [0, 0.1) is 0 Å². The molecule has 0 spiro atoms. The van der Waals surface area contributed by atoms with Crippen molar-refractivity contribution in [3.63, 3.8) is 0 Å². The van der Waals surface area contributed by atoms with Gasteiger partial charge in [-0.1, -0.05) is 30.3 Å². The lowest BCUT2D eigenvalue weighted by Gasteiger charge is -2.30. The normalized spacial score (nSPS) is 13.8. The van der Waals surface area contributed by atoms with Crippen LogP contribution in [-0.4, -0.2) is 21.7 Å². The lowest BCUT2D eigenvalue weighted by molar-refractivity contribution is 0.223. The van der Waals surface area contributed by atoms with E-state index in [9.17, 15) is 9.90 Å². The molecule has 2 rings (SSSR count). The second-order valence-corrected chi connectivity index (χ2v) is 5.17. The topological polar surface area (TPSA) is 78.0 Å². The van der Waals surface area contributed by atoms with Crippen LogP contribution in [0.5, 0.6) is 0 Å². The summed E-state index contributed by atoms with van der Waals surface area (Å²) in [6.07, 6.45) is 1.32. The van der Waals surface area contributed by atoms with Gasteiger partial charge in [0, 0.05) is 0 Å². The van der Waals surface area contributed by atoms with Gasteiger partial charge in [-0.25, -0.2) is 4.98 Å². The van der Waals surface area contributed by atoms with Crippen molar-refractivity contribution in [3.8, 4) is 0 Å². The quantitative estimate of drug-likeness (QED) is 0.802. The van der Waals surface area contributed by atoms with E-state index in [2.05, 4.69) is 31.2 Å². The number of aliphatic hydroxyl groups excluding tert-OH is 1. The summed E-state index contributed by atoms with van der Waals surface area (Å²) in [7, 11) is 0. The van der Waals surface area contributed by atoms with E-state index >= 15 is 0 Å². The summed E-state index contributed by atoms with van der Waals surface area (Å²) in [5, 5.41) is 12.8. The first-order valence-electron chi connectivity index (χ1n) is 5.74. The minimum atomic E-state index is -0.718. The van der Waals surface area contributed by atoms with E-state index < -0.39 is 5.54 Å². The summed E-state index contributed by atoms with van der Waals surface area (Å²) in [5.74, 6) is 0.393. The van der Waals surface area contributed by atoms with Crippen LogP contribution in [0.3, 0.4) is 0 Å². The third kappa shape index (κ3) is 2.85. The summed E-state index contributed by atoms with van der Waals surface area (Å²) in [5.41, 5.74) is -0.0813. The van der Waals surface area contributed by atoms with E-state index in [4.69, 9.17) is 0 Å². The molecule has 3 N–H and O–H groups in total. The first-order chi connectivity index (χ1) is 9.07. The maximum atomic E-state index is 11.5. The van der Waals surface area contributed by atoms with Crippen LogP contribution < -0.4 is 10.9 Å². The molecule has 0 bridgehead atoms. The van der Waals surface area contributed by atoms with Gasteiger partial charge < -0.3 is 15.4 Å². The second kappa shape index (κ2) is 5.54. The number of benzene rings is 1. The van der Waals surface area contributed by atoms with E-state index in [1.807, 2.05) is 37.3 Å². The van der Waals surface area contributed by atoms with Crippen LogP contribution in [0.4, 0.5) is 5.82 Å². The number of aromatic amines is 1. The Morgan fingerprint density at radius 1 is 1.42 bits per heavy atom. The van der Waals surface area contributed by atoms with E-state index in [0.717, 1.165) is 5.56 Å². The SMILES string of the molecule is CC(CO)(Nc1nc[nH]c(=O)c1Br)c1ccccc1. The van der Waals surface area contributed by atoms with Gasteiger partial charge in [-0.05, 0) is 28.4 Å². The molecule has 0 aliphatic rings. The van der Waals surface area contributed by atoms with Gasteiger partial charge in [-0.15, -0.1) is 0 Å². The van der Waals surface area contributed by atoms with Crippen molar-refractivity contribution in [1.82, 2.24) is 9.97 Å². The number of nitrogens with zero attached hydrogens (tertiary/aromatic N) is 1. The van der Waals surface area contributed by atoms with Crippen molar-refractivity contribution in [1.29, 1.82) is 0 Å². The van der Waals surface area contributed by atoms with E-state index in [0.29, 0.717) is 10.3 Å². The molecular formula is C13H14BrN3O2. The third-order valence-corrected chi connectivity index (χ3v) is 3.65. The molecule has 0 saturated heterocycles. The number of halogens is 1. The van der Waals surface area contributed by atoms with E-state index in [1.165, 1.54) is 6.33 Å². The Bertz CT molecular complexity index is 615. The summed E-state index contributed by atoms with van der Waals surface area (Å²) in [6.45, 7) is 1.72. The molecule has 6 heteroatoms. The van der Waals surface area contributed by atoms with E-state index in [-0.39, 0.29) is 12.2 Å². The van der Waals surface area contributed by atoms with Crippen molar-refractivity contribution in [2.75, 3.05) is 11.9 Å². The average molecular weight is 324 g/mol. The van der Waals surface area contributed by atoms with Gasteiger partial charge >= 0.3 is 0 Å². The van der Waals surface area contributed by atoms with Gasteiger partial charge in [-0.3, -0.25) is 4.79 Å². The molecular weight excluding hydrogens is 310 g/mol. The van der Waals surface area contributed by atoms with Gasteiger partial charge in [0.1, 0.15) is 10.3 Å². The Kier molecular flexibility index (Phi) is 4.01. The molecule has 5 nitrogen and oxygen atoms in total. The molecule has 0 aliphatic heterocycles. The van der Waals surface area contributed by atoms with Crippen molar-refractivity contribution in [3.05, 3.63) is 57.0 Å². The van der Waals surface area contributed by atoms with Crippen LogP contribution >= 0.6 is 15.9 Å². The van der Waals surface area contributed by atoms with E-state index in [1.54, 1.807) is 0 Å². The molecule has 19 heavy (non-hydrogen) atoms. The minimum absolute atomic E-state index is 0.127. The number of aliphatic hydroxyl groups is 1. The minimum Gasteiger partial charge on any atom is -0.394 e. The number of anilines is 1. The zero-order valence-corrected chi connectivity index (χ0v) is 11.9. The summed E-state index contributed by atoms with van der Waals surface area (Å²) < 4.78 is 0.311. The number of rotatable bonds is 4. The lowest BCUT2D eigenvalue weighted by Crippen LogP contribution is -2.36. The Morgan fingerprint density at radius 2 is 2.11 bits per heavy atom. The highest BCUT2D eigenvalue weighted by Gasteiger charge is 2.27. The van der Waals surface area contributed by atoms with Gasteiger partial charge in [0.15, 0.2) is 0 Å². The fourth-order valence-corrected chi connectivity index (χ4v) is 2.06. The van der Waals surface area contributed by atoms with Crippen LogP contribution in [0.1, 0.15) is 12.5 Å². The maximum absolute atomic E-state index is 11.5. The molecule has 2 aromatic rings. The summed E-state index contributed by atoms with van der Waals surface area (Å²) >= 11 is 3.18. The van der Waals surface area contributed by atoms with Crippen LogP contribution in [0.15, 0.2) is 45.9 Å². The molecule has 0 radical (unpaired) electrons. The summed E-state index contributed by atoms with van der Waals surface area (Å²) in [6, 6.07) is 9.51. The summed E-state index contributed by atoms with van der Waals surface area (Å²) in [4.78, 5) is 18.0. The molecule has 0 aliphatic carbocycles. The maximum Gasteiger partial charge on any atom is 0.267 e. The van der Waals surface area contributed by atoms with Gasteiger partial charge in [-0.2, -0.15) is 0 Å². The molecule has 0 fully saturated rings. The second-order valence-electron chi connectivity index (χ2n) is 4.38. The van der Waals surface area contributed by atoms with Crippen molar-refractivity contribution >= 4 is 21.7 Å². The van der Waals surface area contributed by atoms with Gasteiger partial charge in [0.2, 0.25) is 0 Å². The molecule has 100 valence electrons. The highest BCUT2D eigenvalue weighted by Crippen LogP contribution is 2.26. The first-order valence-corrected chi connectivity index (χ1v) is 6.54. The largest absolute Gasteiger partial charge is 0.394 e. The van der Waals surface area contributed by atoms with Crippen LogP contribution in [0.2, 0.25) is 0 Å². The number of hydrogen-bond donors (Lipinski definition) is 3. The fraction of sp³-hybridized carbons (Fsp3) is 0.231. The molecule has 1 heterocycles. The highest BCUT2D eigenvalue weighted by atomic mass is 79.9. The highest BCUT2D eigenvalue weighted by molar-refractivity contribution is 9.10. The number of H-pyrrole nitrogens is 1. The van der Waals surface area contributed by atoms with Crippen molar-refractivity contribution < 1.29 is 5.11 Å². The van der Waals surface area contributed by atoms with Crippen LogP contribution in [0.25, 0.3) is 0 Å². The molecule has 1 aromatic carbocycles. The van der Waals surface area contributed by atoms with Crippen molar-refractivity contribution in [2.45, 2.75) is 12.5 Å². The monoisotopic (exact) mass is 323 g/mol. The number of aromatic nitrogens is 2. The lowest BCUT2D eigenvalue weighted by atomic mass is 9.93. The predicted octanol–water partition coefficient (Wildman–Crippen LogP) is 1.85. The Morgan fingerprint density at radius 3 is 2.74 bits per heavy atom. The molecule has 1 aromatic heterocycles. The van der Waals surface area contributed by atoms with Crippen LogP contribution in [-0.2, 0) is 5.54 Å². The Labute approximate surface area is 118 Å². The fourth-order valence-electron chi connectivity index (χ4n) is 1.74. The molecule has 0 amide bonds. The number of hydrogen-bond acceptors (Lipinski definition) is 4. The van der Waals surface area contributed by atoms with Gasteiger partial charge in [0.25, 0.3) is 5.56 Å². The molecule has 1 atom stereocenters. The molecule has 0 saturated carbocycles. The average Bonchev–Trinajstić information content (AvgIpc) is 2.45. The zero-order valence-electron chi connectivity index (χ0n) is 10.4. The first kappa shape index (κ1) is 13.8. The molecule has 1 unspecified atom stereocenters. The third-order valence-electron chi connectivity index (χ3n) is 2.92. The smallest absolute Gasteiger partial charge is 0.267 e. The predicted molar refractivity (Wildman–Crippen MR) is 77.1 cm³/mol. The standard InChI is InChI=1S/C13H14BrN3O2/c1-13(7-18,9-5-3-2-4-6-9)17-11-10(14)12(19)16-8-15-11/h2-6,8,18H,7H2,1H3,(H2,15,16,17,19). The van der Waals surface area contributed by atoms with Gasteiger partial charge in [0.05, 0.1) is 18.5 Å². The number of nitrogens with one attached hydrogen (secondary N) is 2. The Hall–Kier alpha value is -1.66. The Balaban J connectivity index is 2.39.